The minimum Gasteiger partial charge on any atom is -0.378 e. The zero-order valence-corrected chi connectivity index (χ0v) is 12.1. The van der Waals surface area contributed by atoms with Gasteiger partial charge in [0, 0.05) is 18.3 Å². The largest absolute Gasteiger partial charge is 0.378 e. The predicted molar refractivity (Wildman–Crippen MR) is 83.0 cm³/mol. The Morgan fingerprint density at radius 1 is 1.30 bits per heavy atom. The number of nitrogens with zero attached hydrogens (tertiary/aromatic N) is 1. The average molecular weight is 284 g/mol. The van der Waals surface area contributed by atoms with Crippen LogP contribution in [0.4, 0.5) is 0 Å². The molecule has 2 aliphatic rings. The molecule has 0 aliphatic carbocycles. The van der Waals surface area contributed by atoms with Crippen LogP contribution in [0.15, 0.2) is 65.5 Å². The molecule has 1 aromatic rings. The summed E-state index contributed by atoms with van der Waals surface area (Å²) in [6, 6.07) is 9.44. The first-order chi connectivity index (χ1) is 9.81. The monoisotopic (exact) mass is 284 g/mol. The standard InChI is InChI=1S/C16H16N2OS/c1-2-17-16-14(15(19)12-8-4-3-5-9-12)18-11-7-6-10-13(18)20-16/h3-11,13,17H,2H2,1H3. The average Bonchev–Trinajstić information content (AvgIpc) is 2.86. The molecule has 3 nitrogen and oxygen atoms in total. The van der Waals surface area contributed by atoms with Crippen molar-refractivity contribution >= 4 is 17.5 Å². The van der Waals surface area contributed by atoms with Crippen molar-refractivity contribution in [2.45, 2.75) is 12.3 Å². The van der Waals surface area contributed by atoms with Crippen LogP contribution in [0.3, 0.4) is 0 Å². The lowest BCUT2D eigenvalue weighted by atomic mass is 10.1. The van der Waals surface area contributed by atoms with Gasteiger partial charge in [0.15, 0.2) is 0 Å². The van der Waals surface area contributed by atoms with Gasteiger partial charge in [0.2, 0.25) is 5.78 Å². The van der Waals surface area contributed by atoms with Crippen molar-refractivity contribution in [2.75, 3.05) is 6.54 Å². The number of hydrogen-bond donors (Lipinski definition) is 1. The van der Waals surface area contributed by atoms with Gasteiger partial charge >= 0.3 is 0 Å². The van der Waals surface area contributed by atoms with Crippen LogP contribution in [-0.4, -0.2) is 22.6 Å². The molecule has 1 unspecified atom stereocenters. The van der Waals surface area contributed by atoms with Gasteiger partial charge in [-0.2, -0.15) is 0 Å². The quantitative estimate of drug-likeness (QED) is 0.861. The van der Waals surface area contributed by atoms with Crippen LogP contribution in [0.2, 0.25) is 0 Å². The van der Waals surface area contributed by atoms with Crippen molar-refractivity contribution in [3.05, 3.63) is 71.0 Å². The molecule has 20 heavy (non-hydrogen) atoms. The summed E-state index contributed by atoms with van der Waals surface area (Å²) >= 11 is 1.69. The zero-order valence-electron chi connectivity index (χ0n) is 11.2. The molecule has 0 aromatic heterocycles. The third kappa shape index (κ3) is 2.27. The molecule has 4 heteroatoms. The van der Waals surface area contributed by atoms with E-state index in [4.69, 9.17) is 0 Å². The third-order valence-electron chi connectivity index (χ3n) is 3.21. The lowest BCUT2D eigenvalue weighted by Crippen LogP contribution is -2.27. The fraction of sp³-hybridized carbons (Fsp3) is 0.188. The second-order valence-corrected chi connectivity index (χ2v) is 5.67. The highest BCUT2D eigenvalue weighted by Crippen LogP contribution is 2.40. The summed E-state index contributed by atoms with van der Waals surface area (Å²) < 4.78 is 0. The second kappa shape index (κ2) is 5.59. The highest BCUT2D eigenvalue weighted by molar-refractivity contribution is 8.04. The summed E-state index contributed by atoms with van der Waals surface area (Å²) in [5, 5.41) is 4.45. The summed E-state index contributed by atoms with van der Waals surface area (Å²) in [4.78, 5) is 14.8. The molecule has 0 radical (unpaired) electrons. The van der Waals surface area contributed by atoms with Crippen molar-refractivity contribution in [1.29, 1.82) is 0 Å². The van der Waals surface area contributed by atoms with E-state index in [9.17, 15) is 4.79 Å². The number of ketones is 1. The van der Waals surface area contributed by atoms with Crippen molar-refractivity contribution in [2.24, 2.45) is 0 Å². The molecule has 102 valence electrons. The number of benzene rings is 1. The number of carbonyl (C=O) groups excluding carboxylic acids is 1. The molecule has 2 aliphatic heterocycles. The predicted octanol–water partition coefficient (Wildman–Crippen LogP) is 3.11. The van der Waals surface area contributed by atoms with Gasteiger partial charge in [-0.15, -0.1) is 0 Å². The molecule has 2 heterocycles. The van der Waals surface area contributed by atoms with Gasteiger partial charge in [-0.1, -0.05) is 54.2 Å². The van der Waals surface area contributed by atoms with Gasteiger partial charge < -0.3 is 10.2 Å². The number of nitrogens with one attached hydrogen (secondary N) is 1. The number of hydrogen-bond acceptors (Lipinski definition) is 4. The van der Waals surface area contributed by atoms with Crippen molar-refractivity contribution in [1.82, 2.24) is 10.2 Å². The minimum atomic E-state index is 0.0662. The Kier molecular flexibility index (Phi) is 3.65. The SMILES string of the molecule is CCNC1=C(C(=O)c2ccccc2)N2C=CC=CC2S1. The van der Waals surface area contributed by atoms with E-state index in [0.29, 0.717) is 0 Å². The Hall–Kier alpha value is -1.94. The van der Waals surface area contributed by atoms with Gasteiger partial charge in [0.25, 0.3) is 0 Å². The minimum absolute atomic E-state index is 0.0662. The molecule has 0 bridgehead atoms. The summed E-state index contributed by atoms with van der Waals surface area (Å²) in [7, 11) is 0. The third-order valence-corrected chi connectivity index (χ3v) is 4.41. The van der Waals surface area contributed by atoms with E-state index in [1.165, 1.54) is 0 Å². The molecular weight excluding hydrogens is 268 g/mol. The van der Waals surface area contributed by atoms with Gasteiger partial charge in [-0.05, 0) is 13.0 Å². The van der Waals surface area contributed by atoms with Crippen LogP contribution < -0.4 is 5.32 Å². The summed E-state index contributed by atoms with van der Waals surface area (Å²) in [6.45, 7) is 2.85. The molecule has 0 spiro atoms. The van der Waals surface area contributed by atoms with E-state index < -0.39 is 0 Å². The highest BCUT2D eigenvalue weighted by atomic mass is 32.2. The van der Waals surface area contributed by atoms with E-state index >= 15 is 0 Å². The molecule has 1 atom stereocenters. The Bertz CT molecular complexity index is 604. The zero-order chi connectivity index (χ0) is 13.9. The van der Waals surface area contributed by atoms with E-state index in [-0.39, 0.29) is 11.2 Å². The number of allylic oxidation sites excluding steroid dienone is 3. The Morgan fingerprint density at radius 3 is 2.85 bits per heavy atom. The molecule has 1 aromatic carbocycles. The van der Waals surface area contributed by atoms with Gasteiger partial charge in [0.05, 0.1) is 5.03 Å². The molecular formula is C16H16N2OS. The van der Waals surface area contributed by atoms with Crippen molar-refractivity contribution < 1.29 is 4.79 Å². The van der Waals surface area contributed by atoms with Crippen LogP contribution in [-0.2, 0) is 0 Å². The first kappa shape index (κ1) is 13.1. The van der Waals surface area contributed by atoms with Crippen molar-refractivity contribution in [3.63, 3.8) is 0 Å². The van der Waals surface area contributed by atoms with E-state index in [2.05, 4.69) is 11.4 Å². The Balaban J connectivity index is 1.99. The Labute approximate surface area is 123 Å². The van der Waals surface area contributed by atoms with Gasteiger partial charge in [-0.25, -0.2) is 0 Å². The first-order valence-electron chi connectivity index (χ1n) is 6.69. The highest BCUT2D eigenvalue weighted by Gasteiger charge is 2.34. The summed E-state index contributed by atoms with van der Waals surface area (Å²) in [5.74, 6) is 0.0662. The number of thioether (sulfide) groups is 1. The Morgan fingerprint density at radius 2 is 2.10 bits per heavy atom. The summed E-state index contributed by atoms with van der Waals surface area (Å²) in [6.07, 6.45) is 8.06. The van der Waals surface area contributed by atoms with E-state index in [1.807, 2.05) is 60.5 Å². The lowest BCUT2D eigenvalue weighted by Gasteiger charge is -2.23. The number of Topliss-reactive ketones (excluding diaryl/α,β-unsaturated/α-hetero) is 1. The maximum Gasteiger partial charge on any atom is 0.212 e. The fourth-order valence-corrected chi connectivity index (χ4v) is 3.54. The normalized spacial score (nSPS) is 20.2. The molecule has 0 amide bonds. The molecule has 0 fully saturated rings. The lowest BCUT2D eigenvalue weighted by molar-refractivity contribution is 0.100. The second-order valence-electron chi connectivity index (χ2n) is 4.55. The fourth-order valence-electron chi connectivity index (χ4n) is 2.30. The molecule has 0 saturated heterocycles. The van der Waals surface area contributed by atoms with E-state index in [0.717, 1.165) is 22.8 Å². The van der Waals surface area contributed by atoms with Crippen LogP contribution in [0.1, 0.15) is 17.3 Å². The van der Waals surface area contributed by atoms with E-state index in [1.54, 1.807) is 11.8 Å². The van der Waals surface area contributed by atoms with Gasteiger partial charge in [0.1, 0.15) is 11.1 Å². The topological polar surface area (TPSA) is 32.3 Å². The van der Waals surface area contributed by atoms with Crippen LogP contribution in [0.5, 0.6) is 0 Å². The first-order valence-corrected chi connectivity index (χ1v) is 7.57. The molecule has 1 N–H and O–H groups in total. The van der Waals surface area contributed by atoms with Crippen molar-refractivity contribution in [3.8, 4) is 0 Å². The number of carbonyl (C=O) groups is 1. The molecule has 3 rings (SSSR count). The summed E-state index contributed by atoms with van der Waals surface area (Å²) in [5.41, 5.74) is 1.47. The van der Waals surface area contributed by atoms with Crippen LogP contribution in [0.25, 0.3) is 0 Å². The van der Waals surface area contributed by atoms with Gasteiger partial charge in [-0.3, -0.25) is 4.79 Å². The number of rotatable bonds is 4. The number of fused-ring (bicyclic) bond motifs is 1. The smallest absolute Gasteiger partial charge is 0.212 e. The molecule has 0 saturated carbocycles. The maximum absolute atomic E-state index is 12.8. The maximum atomic E-state index is 12.8. The van der Waals surface area contributed by atoms with Crippen LogP contribution in [0, 0.1) is 0 Å². The van der Waals surface area contributed by atoms with Crippen LogP contribution >= 0.6 is 11.8 Å².